The van der Waals surface area contributed by atoms with Gasteiger partial charge in [-0.05, 0) is 23.8 Å². The predicted molar refractivity (Wildman–Crippen MR) is 97.6 cm³/mol. The minimum absolute atomic E-state index is 0.315. The van der Waals surface area contributed by atoms with Gasteiger partial charge in [-0.25, -0.2) is 0 Å². The Morgan fingerprint density at radius 2 is 1.88 bits per heavy atom. The lowest BCUT2D eigenvalue weighted by Gasteiger charge is -1.97. The molecule has 4 aromatic rings. The zero-order chi connectivity index (χ0) is 17.8. The van der Waals surface area contributed by atoms with Gasteiger partial charge in [0, 0.05) is 36.1 Å². The Morgan fingerprint density at radius 1 is 1.00 bits per heavy atom. The van der Waals surface area contributed by atoms with E-state index in [1.165, 1.54) is 0 Å². The zero-order valence-corrected chi connectivity index (χ0v) is 13.8. The summed E-state index contributed by atoms with van der Waals surface area (Å²) in [5.41, 5.74) is 4.02. The summed E-state index contributed by atoms with van der Waals surface area (Å²) in [6.07, 6.45) is 4.12. The van der Waals surface area contributed by atoms with Gasteiger partial charge < -0.3 is 5.32 Å². The van der Waals surface area contributed by atoms with E-state index in [9.17, 15) is 4.79 Å². The number of benzene rings is 1. The first kappa shape index (κ1) is 15.8. The fraction of sp³-hybridized carbons (Fsp3) is 0.0526. The minimum Gasteiger partial charge on any atom is -0.304 e. The van der Waals surface area contributed by atoms with Gasteiger partial charge >= 0.3 is 0 Å². The van der Waals surface area contributed by atoms with Gasteiger partial charge in [0.1, 0.15) is 0 Å². The first-order valence-electron chi connectivity index (χ1n) is 8.13. The van der Waals surface area contributed by atoms with Crippen LogP contribution in [0.2, 0.25) is 0 Å². The number of nitrogens with one attached hydrogen (secondary N) is 3. The Kier molecular flexibility index (Phi) is 4.26. The van der Waals surface area contributed by atoms with Crippen LogP contribution < -0.4 is 5.32 Å². The van der Waals surface area contributed by atoms with Crippen molar-refractivity contribution in [3.05, 3.63) is 83.9 Å². The summed E-state index contributed by atoms with van der Waals surface area (Å²) in [6.45, 7) is 0. The molecule has 0 bridgehead atoms. The molecule has 0 saturated heterocycles. The number of rotatable bonds is 5. The van der Waals surface area contributed by atoms with Crippen LogP contribution in [0.5, 0.6) is 0 Å². The van der Waals surface area contributed by atoms with Crippen LogP contribution in [0.3, 0.4) is 0 Å². The molecule has 0 aliphatic rings. The standard InChI is InChI=1S/C19H16N6O/c26-19(17-10-15(22-24-17)9-13-5-2-1-3-6-13)21-18-11-16(23-25-18)14-7-4-8-20-12-14/h1-8,10-12H,9H2,(H,22,24)(H2,21,23,25,26). The number of pyridine rings is 1. The van der Waals surface area contributed by atoms with Crippen molar-refractivity contribution in [3.8, 4) is 11.3 Å². The number of nitrogens with zero attached hydrogens (tertiary/aromatic N) is 3. The van der Waals surface area contributed by atoms with Crippen LogP contribution in [0.4, 0.5) is 5.82 Å². The van der Waals surface area contributed by atoms with Gasteiger partial charge in [0.2, 0.25) is 0 Å². The number of hydrogen-bond acceptors (Lipinski definition) is 4. The van der Waals surface area contributed by atoms with E-state index in [4.69, 9.17) is 0 Å². The molecule has 7 nitrogen and oxygen atoms in total. The highest BCUT2D eigenvalue weighted by Crippen LogP contribution is 2.18. The fourth-order valence-electron chi connectivity index (χ4n) is 2.62. The van der Waals surface area contributed by atoms with E-state index in [0.717, 1.165) is 22.5 Å². The van der Waals surface area contributed by atoms with E-state index in [-0.39, 0.29) is 5.91 Å². The van der Waals surface area contributed by atoms with Crippen LogP contribution in [-0.2, 0) is 6.42 Å². The summed E-state index contributed by atoms with van der Waals surface area (Å²) in [5.74, 6) is 0.117. The molecule has 3 aromatic heterocycles. The van der Waals surface area contributed by atoms with Gasteiger partial charge in [-0.1, -0.05) is 30.3 Å². The summed E-state index contributed by atoms with van der Waals surface area (Å²) < 4.78 is 0. The Labute approximate surface area is 149 Å². The van der Waals surface area contributed by atoms with E-state index in [1.54, 1.807) is 24.5 Å². The summed E-state index contributed by atoms with van der Waals surface area (Å²) in [6, 6.07) is 17.3. The molecule has 0 unspecified atom stereocenters. The lowest BCUT2D eigenvalue weighted by molar-refractivity contribution is 0.102. The van der Waals surface area contributed by atoms with Crippen LogP contribution >= 0.6 is 0 Å². The molecule has 0 aliphatic heterocycles. The lowest BCUT2D eigenvalue weighted by Crippen LogP contribution is -2.12. The number of H-pyrrole nitrogens is 2. The van der Waals surface area contributed by atoms with E-state index < -0.39 is 0 Å². The van der Waals surface area contributed by atoms with Crippen LogP contribution in [0, 0.1) is 0 Å². The third-order valence-corrected chi connectivity index (χ3v) is 3.89. The second kappa shape index (κ2) is 7.02. The molecule has 3 N–H and O–H groups in total. The molecule has 1 aromatic carbocycles. The van der Waals surface area contributed by atoms with Gasteiger partial charge in [-0.2, -0.15) is 10.2 Å². The van der Waals surface area contributed by atoms with Crippen molar-refractivity contribution in [2.75, 3.05) is 5.32 Å². The SMILES string of the molecule is O=C(Nc1cc(-c2cccnc2)[nH]n1)c1cc(Cc2ccccc2)[nH]n1. The van der Waals surface area contributed by atoms with Crippen molar-refractivity contribution in [2.45, 2.75) is 6.42 Å². The number of amides is 1. The first-order valence-corrected chi connectivity index (χ1v) is 8.13. The normalized spacial score (nSPS) is 10.6. The van der Waals surface area contributed by atoms with Crippen LogP contribution in [0.15, 0.2) is 67.0 Å². The maximum atomic E-state index is 12.4. The molecule has 7 heteroatoms. The van der Waals surface area contributed by atoms with Crippen LogP contribution in [-0.4, -0.2) is 31.3 Å². The Bertz CT molecular complexity index is 1010. The molecule has 0 saturated carbocycles. The number of carbonyl (C=O) groups is 1. The van der Waals surface area contributed by atoms with Crippen molar-refractivity contribution < 1.29 is 4.79 Å². The molecule has 0 fully saturated rings. The fourth-order valence-corrected chi connectivity index (χ4v) is 2.62. The molecule has 128 valence electrons. The molecule has 0 spiro atoms. The number of anilines is 1. The highest BCUT2D eigenvalue weighted by molar-refractivity contribution is 6.02. The minimum atomic E-state index is -0.315. The van der Waals surface area contributed by atoms with Crippen molar-refractivity contribution in [1.29, 1.82) is 0 Å². The van der Waals surface area contributed by atoms with Crippen molar-refractivity contribution in [2.24, 2.45) is 0 Å². The molecule has 0 aliphatic carbocycles. The van der Waals surface area contributed by atoms with E-state index >= 15 is 0 Å². The van der Waals surface area contributed by atoms with Gasteiger partial charge in [-0.15, -0.1) is 0 Å². The zero-order valence-electron chi connectivity index (χ0n) is 13.8. The predicted octanol–water partition coefficient (Wildman–Crippen LogP) is 3.04. The number of aromatic amines is 2. The monoisotopic (exact) mass is 344 g/mol. The molecule has 4 rings (SSSR count). The van der Waals surface area contributed by atoms with Gasteiger partial charge in [-0.3, -0.25) is 20.0 Å². The molecule has 26 heavy (non-hydrogen) atoms. The van der Waals surface area contributed by atoms with Gasteiger partial charge in [0.15, 0.2) is 11.5 Å². The Hall–Kier alpha value is -3.74. The first-order chi connectivity index (χ1) is 12.8. The average Bonchev–Trinajstić information content (AvgIpc) is 3.33. The average molecular weight is 344 g/mol. The smallest absolute Gasteiger partial charge is 0.277 e. The highest BCUT2D eigenvalue weighted by Gasteiger charge is 2.13. The lowest BCUT2D eigenvalue weighted by atomic mass is 10.1. The third kappa shape index (κ3) is 3.51. The quantitative estimate of drug-likeness (QED) is 0.518. The maximum Gasteiger partial charge on any atom is 0.277 e. The van der Waals surface area contributed by atoms with Crippen molar-refractivity contribution in [1.82, 2.24) is 25.4 Å². The maximum absolute atomic E-state index is 12.4. The Balaban J connectivity index is 1.43. The van der Waals surface area contributed by atoms with Crippen LogP contribution in [0.1, 0.15) is 21.7 Å². The number of aromatic nitrogens is 5. The molecule has 3 heterocycles. The summed E-state index contributed by atoms with van der Waals surface area (Å²) >= 11 is 0. The molecule has 0 atom stereocenters. The number of hydrogen-bond donors (Lipinski definition) is 3. The van der Waals surface area contributed by atoms with Crippen molar-refractivity contribution >= 4 is 11.7 Å². The van der Waals surface area contributed by atoms with E-state index in [2.05, 4.69) is 30.7 Å². The highest BCUT2D eigenvalue weighted by atomic mass is 16.2. The summed E-state index contributed by atoms with van der Waals surface area (Å²) in [5, 5.41) is 16.7. The molecule has 0 radical (unpaired) electrons. The van der Waals surface area contributed by atoms with Crippen molar-refractivity contribution in [3.63, 3.8) is 0 Å². The second-order valence-corrected chi connectivity index (χ2v) is 5.80. The van der Waals surface area contributed by atoms with E-state index in [0.29, 0.717) is 17.9 Å². The van der Waals surface area contributed by atoms with E-state index in [1.807, 2.05) is 42.5 Å². The largest absolute Gasteiger partial charge is 0.304 e. The van der Waals surface area contributed by atoms with Gasteiger partial charge in [0.25, 0.3) is 5.91 Å². The molecular formula is C19H16N6O. The Morgan fingerprint density at radius 3 is 2.69 bits per heavy atom. The molecule has 1 amide bonds. The second-order valence-electron chi connectivity index (χ2n) is 5.80. The number of carbonyl (C=O) groups excluding carboxylic acids is 1. The van der Waals surface area contributed by atoms with Crippen LogP contribution in [0.25, 0.3) is 11.3 Å². The molecular weight excluding hydrogens is 328 g/mol. The third-order valence-electron chi connectivity index (χ3n) is 3.89. The topological polar surface area (TPSA) is 99.4 Å². The van der Waals surface area contributed by atoms with Gasteiger partial charge in [0.05, 0.1) is 5.69 Å². The summed E-state index contributed by atoms with van der Waals surface area (Å²) in [7, 11) is 0. The summed E-state index contributed by atoms with van der Waals surface area (Å²) in [4.78, 5) is 16.4.